The monoisotopic (exact) mass is 280 g/mol. The summed E-state index contributed by atoms with van der Waals surface area (Å²) in [5.41, 5.74) is 5.24. The fraction of sp³-hybridized carbons (Fsp3) is 1.00. The molecule has 0 spiro atoms. The van der Waals surface area contributed by atoms with Crippen LogP contribution in [0.25, 0.3) is 0 Å². The van der Waals surface area contributed by atoms with Crippen LogP contribution >= 0.6 is 0 Å². The normalized spacial score (nSPS) is 42.6. The lowest BCUT2D eigenvalue weighted by atomic mass is 9.75. The average Bonchev–Trinajstić information content (AvgIpc) is 2.87. The van der Waals surface area contributed by atoms with E-state index in [1.54, 1.807) is 0 Å². The Bertz CT molecular complexity index is 322. The lowest BCUT2D eigenvalue weighted by Gasteiger charge is -2.42. The van der Waals surface area contributed by atoms with Crippen molar-refractivity contribution < 1.29 is 5.11 Å². The third-order valence-corrected chi connectivity index (χ3v) is 6.44. The van der Waals surface area contributed by atoms with Crippen molar-refractivity contribution in [2.24, 2.45) is 23.5 Å². The number of nitrogens with zero attached hydrogens (tertiary/aromatic N) is 1. The van der Waals surface area contributed by atoms with E-state index in [4.69, 9.17) is 5.73 Å². The zero-order valence-corrected chi connectivity index (χ0v) is 12.9. The molecule has 3 rings (SSSR count). The van der Waals surface area contributed by atoms with Crippen molar-refractivity contribution in [2.75, 3.05) is 26.2 Å². The molecular formula is C17H32N2O. The van der Waals surface area contributed by atoms with E-state index >= 15 is 0 Å². The van der Waals surface area contributed by atoms with Gasteiger partial charge >= 0.3 is 0 Å². The molecule has 1 aliphatic heterocycles. The SMILES string of the molecule is NCC1(O)CCCC1CCN1CCC2CCCCC2C1. The number of piperidine rings is 1. The Morgan fingerprint density at radius 2 is 1.85 bits per heavy atom. The van der Waals surface area contributed by atoms with Crippen molar-refractivity contribution in [1.82, 2.24) is 4.90 Å². The quantitative estimate of drug-likeness (QED) is 0.831. The summed E-state index contributed by atoms with van der Waals surface area (Å²) in [6.45, 7) is 4.23. The molecule has 3 nitrogen and oxygen atoms in total. The Morgan fingerprint density at radius 3 is 2.65 bits per heavy atom. The van der Waals surface area contributed by atoms with Crippen molar-refractivity contribution >= 4 is 0 Å². The molecule has 0 aromatic rings. The first-order valence-corrected chi connectivity index (χ1v) is 8.86. The largest absolute Gasteiger partial charge is 0.388 e. The smallest absolute Gasteiger partial charge is 0.0797 e. The lowest BCUT2D eigenvalue weighted by Crippen LogP contribution is -2.45. The first-order valence-electron chi connectivity index (χ1n) is 8.86. The molecule has 2 aliphatic carbocycles. The fourth-order valence-corrected chi connectivity index (χ4v) is 5.03. The fourth-order valence-electron chi connectivity index (χ4n) is 5.03. The maximum Gasteiger partial charge on any atom is 0.0797 e. The van der Waals surface area contributed by atoms with E-state index in [1.807, 2.05) is 0 Å². The average molecular weight is 280 g/mol. The standard InChI is InChI=1S/C17H32N2O/c18-13-17(20)9-3-6-16(17)8-11-19-10-7-14-4-1-2-5-15(14)12-19/h14-16,20H,1-13,18H2. The Morgan fingerprint density at radius 1 is 1.05 bits per heavy atom. The number of aliphatic hydroxyl groups is 1. The number of hydrogen-bond acceptors (Lipinski definition) is 3. The van der Waals surface area contributed by atoms with Crippen LogP contribution in [0.5, 0.6) is 0 Å². The molecule has 3 heteroatoms. The second kappa shape index (κ2) is 6.33. The molecule has 4 unspecified atom stereocenters. The zero-order valence-electron chi connectivity index (χ0n) is 12.9. The van der Waals surface area contributed by atoms with Gasteiger partial charge in [-0.15, -0.1) is 0 Å². The van der Waals surface area contributed by atoms with E-state index in [0.29, 0.717) is 12.5 Å². The van der Waals surface area contributed by atoms with Gasteiger partial charge in [-0.3, -0.25) is 0 Å². The van der Waals surface area contributed by atoms with Gasteiger partial charge in [0.15, 0.2) is 0 Å². The molecule has 2 saturated carbocycles. The highest BCUT2D eigenvalue weighted by Gasteiger charge is 2.40. The first kappa shape index (κ1) is 14.8. The van der Waals surface area contributed by atoms with Gasteiger partial charge in [-0.25, -0.2) is 0 Å². The van der Waals surface area contributed by atoms with Crippen molar-refractivity contribution in [2.45, 2.75) is 63.4 Å². The van der Waals surface area contributed by atoms with Gasteiger partial charge in [0.25, 0.3) is 0 Å². The maximum absolute atomic E-state index is 10.5. The minimum Gasteiger partial charge on any atom is -0.388 e. The van der Waals surface area contributed by atoms with Gasteiger partial charge in [-0.1, -0.05) is 25.7 Å². The molecule has 4 atom stereocenters. The number of hydrogen-bond donors (Lipinski definition) is 2. The van der Waals surface area contributed by atoms with E-state index in [1.165, 1.54) is 58.2 Å². The van der Waals surface area contributed by atoms with Crippen LogP contribution in [0.4, 0.5) is 0 Å². The van der Waals surface area contributed by atoms with Gasteiger partial charge in [0.1, 0.15) is 0 Å². The highest BCUT2D eigenvalue weighted by Crippen LogP contribution is 2.39. The molecule has 116 valence electrons. The molecule has 1 heterocycles. The Kier molecular flexibility index (Phi) is 4.68. The summed E-state index contributed by atoms with van der Waals surface area (Å²) in [5, 5.41) is 10.5. The van der Waals surface area contributed by atoms with Gasteiger partial charge < -0.3 is 15.7 Å². The molecule has 3 aliphatic rings. The van der Waals surface area contributed by atoms with Gasteiger partial charge in [-0.2, -0.15) is 0 Å². The molecule has 0 aromatic carbocycles. The summed E-state index contributed by atoms with van der Waals surface area (Å²) < 4.78 is 0. The molecule has 20 heavy (non-hydrogen) atoms. The van der Waals surface area contributed by atoms with E-state index in [0.717, 1.165) is 31.1 Å². The summed E-state index contributed by atoms with van der Waals surface area (Å²) >= 11 is 0. The van der Waals surface area contributed by atoms with Crippen LogP contribution in [0, 0.1) is 17.8 Å². The summed E-state index contributed by atoms with van der Waals surface area (Å²) in [6.07, 6.45) is 11.7. The van der Waals surface area contributed by atoms with Crippen LogP contribution in [0.3, 0.4) is 0 Å². The molecule has 3 N–H and O–H groups in total. The van der Waals surface area contributed by atoms with Crippen molar-refractivity contribution in [3.63, 3.8) is 0 Å². The third-order valence-electron chi connectivity index (χ3n) is 6.44. The number of nitrogens with two attached hydrogens (primary N) is 1. The van der Waals surface area contributed by atoms with Crippen LogP contribution < -0.4 is 5.73 Å². The minimum atomic E-state index is -0.552. The first-order chi connectivity index (χ1) is 9.71. The van der Waals surface area contributed by atoms with Crippen molar-refractivity contribution in [3.8, 4) is 0 Å². The van der Waals surface area contributed by atoms with Gasteiger partial charge in [0, 0.05) is 13.1 Å². The Balaban J connectivity index is 1.47. The van der Waals surface area contributed by atoms with Crippen LogP contribution in [0.15, 0.2) is 0 Å². The van der Waals surface area contributed by atoms with Gasteiger partial charge in [0.05, 0.1) is 5.60 Å². The third kappa shape index (κ3) is 3.05. The van der Waals surface area contributed by atoms with Crippen LogP contribution in [-0.4, -0.2) is 41.8 Å². The highest BCUT2D eigenvalue weighted by atomic mass is 16.3. The molecule has 0 radical (unpaired) electrons. The second-order valence-electron chi connectivity index (χ2n) is 7.58. The second-order valence-corrected chi connectivity index (χ2v) is 7.58. The maximum atomic E-state index is 10.5. The van der Waals surface area contributed by atoms with Crippen LogP contribution in [0.2, 0.25) is 0 Å². The van der Waals surface area contributed by atoms with Crippen LogP contribution in [-0.2, 0) is 0 Å². The number of rotatable bonds is 4. The topological polar surface area (TPSA) is 49.5 Å². The summed E-state index contributed by atoms with van der Waals surface area (Å²) in [6, 6.07) is 0. The van der Waals surface area contributed by atoms with Crippen LogP contribution in [0.1, 0.15) is 57.8 Å². The minimum absolute atomic E-state index is 0.441. The molecular weight excluding hydrogens is 248 g/mol. The van der Waals surface area contributed by atoms with Crippen molar-refractivity contribution in [3.05, 3.63) is 0 Å². The van der Waals surface area contributed by atoms with E-state index < -0.39 is 5.60 Å². The summed E-state index contributed by atoms with van der Waals surface area (Å²) in [7, 11) is 0. The Hall–Kier alpha value is -0.120. The molecule has 3 fully saturated rings. The zero-order chi connectivity index (χ0) is 14.0. The highest BCUT2D eigenvalue weighted by molar-refractivity contribution is 4.93. The Labute approximate surface area is 123 Å². The summed E-state index contributed by atoms with van der Waals surface area (Å²) in [4.78, 5) is 2.67. The molecule has 0 amide bonds. The van der Waals surface area contributed by atoms with Crippen molar-refractivity contribution in [1.29, 1.82) is 0 Å². The van der Waals surface area contributed by atoms with E-state index in [-0.39, 0.29) is 0 Å². The van der Waals surface area contributed by atoms with E-state index in [9.17, 15) is 5.11 Å². The number of fused-ring (bicyclic) bond motifs is 1. The predicted octanol–water partition coefficient (Wildman–Crippen LogP) is 2.38. The lowest BCUT2D eigenvalue weighted by molar-refractivity contribution is 0.000471. The van der Waals surface area contributed by atoms with Gasteiger partial charge in [-0.05, 0) is 62.9 Å². The summed E-state index contributed by atoms with van der Waals surface area (Å²) in [5.74, 6) is 2.43. The number of likely N-dealkylation sites (tertiary alicyclic amines) is 1. The molecule has 0 aromatic heterocycles. The molecule has 0 bridgehead atoms. The predicted molar refractivity (Wildman–Crippen MR) is 82.5 cm³/mol. The van der Waals surface area contributed by atoms with E-state index in [2.05, 4.69) is 4.90 Å². The van der Waals surface area contributed by atoms with Gasteiger partial charge in [0.2, 0.25) is 0 Å². The molecule has 1 saturated heterocycles.